The molecule has 2 atom stereocenters. The van der Waals surface area contributed by atoms with Gasteiger partial charge in [-0.15, -0.1) is 0 Å². The van der Waals surface area contributed by atoms with Crippen LogP contribution in [0.5, 0.6) is 0 Å². The van der Waals surface area contributed by atoms with E-state index < -0.39 is 12.1 Å². The average Bonchev–Trinajstić information content (AvgIpc) is 3.41. The number of unbranched alkanes of at least 4 members (excludes halogenated alkanes) is 48. The van der Waals surface area contributed by atoms with E-state index in [1.54, 1.807) is 6.08 Å². The minimum absolute atomic E-state index is 0.00276. The SMILES string of the molecule is CCCCCCC/C=C\CCCCCCCC(=O)OCCCCCCCCCCCCCC/C=C\CCCCCCCCCC(=O)NC(CO)C(O)/C=C/CCCCCCCCCCCCCCCCCCCCC. The second kappa shape index (κ2) is 64.6. The van der Waals surface area contributed by atoms with Gasteiger partial charge in [0.25, 0.3) is 0 Å². The number of allylic oxidation sites excluding steroid dienone is 5. The zero-order valence-corrected chi connectivity index (χ0v) is 50.5. The number of aliphatic hydroxyl groups excluding tert-OH is 2. The number of rotatable bonds is 63. The largest absolute Gasteiger partial charge is 0.466 e. The molecule has 0 aromatic carbocycles. The lowest BCUT2D eigenvalue weighted by Gasteiger charge is -2.20. The molecule has 0 rings (SSSR count). The fourth-order valence-electron chi connectivity index (χ4n) is 10.4. The number of hydrogen-bond acceptors (Lipinski definition) is 5. The number of carbonyl (C=O) groups excluding carboxylic acids is 2. The Morgan fingerprint density at radius 1 is 0.360 bits per heavy atom. The summed E-state index contributed by atoms with van der Waals surface area (Å²) < 4.78 is 5.48. The van der Waals surface area contributed by atoms with Crippen LogP contribution in [-0.4, -0.2) is 47.4 Å². The van der Waals surface area contributed by atoms with E-state index >= 15 is 0 Å². The number of aliphatic hydroxyl groups is 2. The summed E-state index contributed by atoms with van der Waals surface area (Å²) in [5, 5.41) is 23.2. The lowest BCUT2D eigenvalue weighted by atomic mass is 10.0. The maximum Gasteiger partial charge on any atom is 0.305 e. The Hall–Kier alpha value is -1.92. The summed E-state index contributed by atoms with van der Waals surface area (Å²) in [7, 11) is 0. The van der Waals surface area contributed by atoms with Gasteiger partial charge in [0.1, 0.15) is 0 Å². The molecule has 0 saturated carbocycles. The molecular weight excluding hydrogens is 923 g/mol. The molecular formula is C69H131NO5. The fourth-order valence-corrected chi connectivity index (χ4v) is 10.4. The molecule has 0 radical (unpaired) electrons. The van der Waals surface area contributed by atoms with Crippen molar-refractivity contribution in [3.8, 4) is 0 Å². The van der Waals surface area contributed by atoms with Gasteiger partial charge in [-0.05, 0) is 83.5 Å². The van der Waals surface area contributed by atoms with Crippen molar-refractivity contribution in [3.05, 3.63) is 36.5 Å². The predicted octanol–water partition coefficient (Wildman–Crippen LogP) is 21.5. The van der Waals surface area contributed by atoms with Gasteiger partial charge in [-0.25, -0.2) is 0 Å². The lowest BCUT2D eigenvalue weighted by Crippen LogP contribution is -2.45. The van der Waals surface area contributed by atoms with E-state index in [0.29, 0.717) is 19.4 Å². The van der Waals surface area contributed by atoms with Crippen LogP contribution in [0, 0.1) is 0 Å². The molecule has 0 aliphatic carbocycles. The number of ether oxygens (including phenoxy) is 1. The molecule has 3 N–H and O–H groups in total. The molecule has 0 fully saturated rings. The first kappa shape index (κ1) is 73.1. The topological polar surface area (TPSA) is 95.9 Å². The maximum atomic E-state index is 12.5. The zero-order valence-electron chi connectivity index (χ0n) is 50.5. The monoisotopic (exact) mass is 1050 g/mol. The van der Waals surface area contributed by atoms with Crippen LogP contribution in [-0.2, 0) is 14.3 Å². The van der Waals surface area contributed by atoms with Crippen molar-refractivity contribution in [1.29, 1.82) is 0 Å². The molecule has 0 aliphatic heterocycles. The molecule has 6 nitrogen and oxygen atoms in total. The van der Waals surface area contributed by atoms with Crippen molar-refractivity contribution in [2.24, 2.45) is 0 Å². The van der Waals surface area contributed by atoms with Gasteiger partial charge in [0, 0.05) is 12.8 Å². The Morgan fingerprint density at radius 3 is 0.947 bits per heavy atom. The van der Waals surface area contributed by atoms with Crippen molar-refractivity contribution in [1.82, 2.24) is 5.32 Å². The Morgan fingerprint density at radius 2 is 0.627 bits per heavy atom. The van der Waals surface area contributed by atoms with Gasteiger partial charge in [-0.1, -0.05) is 307 Å². The standard InChI is InChI=1S/C69H131NO5/c1-3-5-7-9-11-13-15-17-19-20-21-25-28-31-34-37-41-45-49-53-57-61-67(72)66(65-71)70-68(73)62-58-54-50-46-42-38-35-32-29-26-23-22-24-27-30-33-36-40-44-48-52-56-60-64-75-69(74)63-59-55-51-47-43-39-18-16-14-12-10-8-6-4-2/h16,18,26,29,57,61,66-67,71-72H,3-15,17,19-25,27-28,30-56,58-60,62-65H2,1-2H3,(H,70,73)/b18-16-,29-26-,61-57+. The van der Waals surface area contributed by atoms with Crippen molar-refractivity contribution >= 4 is 11.9 Å². The van der Waals surface area contributed by atoms with E-state index in [2.05, 4.69) is 43.5 Å². The summed E-state index contributed by atoms with van der Waals surface area (Å²) in [4.78, 5) is 24.6. The summed E-state index contributed by atoms with van der Waals surface area (Å²) in [5.41, 5.74) is 0. The third kappa shape index (κ3) is 61.2. The van der Waals surface area contributed by atoms with Crippen LogP contribution in [0.4, 0.5) is 0 Å². The highest BCUT2D eigenvalue weighted by Crippen LogP contribution is 2.18. The van der Waals surface area contributed by atoms with E-state index in [4.69, 9.17) is 4.74 Å². The molecule has 442 valence electrons. The fraction of sp³-hybridized carbons (Fsp3) is 0.884. The third-order valence-corrected chi connectivity index (χ3v) is 15.6. The van der Waals surface area contributed by atoms with Crippen LogP contribution in [0.15, 0.2) is 36.5 Å². The molecule has 0 aromatic rings. The molecule has 0 spiro atoms. The van der Waals surface area contributed by atoms with Crippen LogP contribution in [0.1, 0.15) is 367 Å². The molecule has 0 saturated heterocycles. The molecule has 0 bridgehead atoms. The predicted molar refractivity (Wildman–Crippen MR) is 329 cm³/mol. The van der Waals surface area contributed by atoms with Crippen LogP contribution < -0.4 is 5.32 Å². The van der Waals surface area contributed by atoms with Gasteiger partial charge in [-0.2, -0.15) is 0 Å². The quantitative estimate of drug-likeness (QED) is 0.0320. The highest BCUT2D eigenvalue weighted by atomic mass is 16.5. The van der Waals surface area contributed by atoms with Gasteiger partial charge < -0.3 is 20.3 Å². The molecule has 0 aromatic heterocycles. The van der Waals surface area contributed by atoms with Gasteiger partial charge in [-0.3, -0.25) is 9.59 Å². The van der Waals surface area contributed by atoms with Crippen molar-refractivity contribution in [2.75, 3.05) is 13.2 Å². The van der Waals surface area contributed by atoms with Crippen molar-refractivity contribution in [2.45, 2.75) is 379 Å². The summed E-state index contributed by atoms with van der Waals surface area (Å²) in [5.74, 6) is -0.0685. The second-order valence-corrected chi connectivity index (χ2v) is 23.1. The normalized spacial score (nSPS) is 12.7. The highest BCUT2D eigenvalue weighted by molar-refractivity contribution is 5.76. The highest BCUT2D eigenvalue weighted by Gasteiger charge is 2.18. The van der Waals surface area contributed by atoms with Crippen LogP contribution >= 0.6 is 0 Å². The Kier molecular flexibility index (Phi) is 63.0. The number of nitrogens with one attached hydrogen (secondary N) is 1. The van der Waals surface area contributed by atoms with Crippen LogP contribution in [0.25, 0.3) is 0 Å². The number of carbonyl (C=O) groups is 2. The smallest absolute Gasteiger partial charge is 0.305 e. The van der Waals surface area contributed by atoms with Crippen LogP contribution in [0.3, 0.4) is 0 Å². The third-order valence-electron chi connectivity index (χ3n) is 15.6. The maximum absolute atomic E-state index is 12.5. The van der Waals surface area contributed by atoms with Gasteiger partial charge in [0.2, 0.25) is 5.91 Å². The van der Waals surface area contributed by atoms with Gasteiger partial charge in [0.15, 0.2) is 0 Å². The average molecular weight is 1050 g/mol. The summed E-state index contributed by atoms with van der Waals surface area (Å²) in [6, 6.07) is -0.634. The Bertz CT molecular complexity index is 1210. The molecule has 1 amide bonds. The van der Waals surface area contributed by atoms with Gasteiger partial charge >= 0.3 is 5.97 Å². The van der Waals surface area contributed by atoms with E-state index in [1.807, 2.05) is 6.08 Å². The summed E-state index contributed by atoms with van der Waals surface area (Å²) in [6.45, 7) is 4.91. The first-order valence-corrected chi connectivity index (χ1v) is 33.8. The van der Waals surface area contributed by atoms with Crippen molar-refractivity contribution < 1.29 is 24.5 Å². The molecule has 6 heteroatoms. The summed E-state index contributed by atoms with van der Waals surface area (Å²) in [6.07, 6.45) is 82.0. The first-order valence-electron chi connectivity index (χ1n) is 33.8. The van der Waals surface area contributed by atoms with E-state index in [-0.39, 0.29) is 18.5 Å². The molecule has 0 aliphatic rings. The second-order valence-electron chi connectivity index (χ2n) is 23.1. The Balaban J connectivity index is 3.44. The number of hydrogen-bond donors (Lipinski definition) is 3. The number of amides is 1. The first-order chi connectivity index (χ1) is 37.0. The van der Waals surface area contributed by atoms with Gasteiger partial charge in [0.05, 0.1) is 25.4 Å². The number of esters is 1. The molecule has 0 heterocycles. The minimum atomic E-state index is -0.850. The summed E-state index contributed by atoms with van der Waals surface area (Å²) >= 11 is 0. The molecule has 75 heavy (non-hydrogen) atoms. The van der Waals surface area contributed by atoms with E-state index in [1.165, 1.54) is 289 Å². The molecule has 2 unspecified atom stereocenters. The Labute approximate surface area is 468 Å². The van der Waals surface area contributed by atoms with E-state index in [0.717, 1.165) is 51.4 Å². The van der Waals surface area contributed by atoms with E-state index in [9.17, 15) is 19.8 Å². The van der Waals surface area contributed by atoms with Crippen LogP contribution in [0.2, 0.25) is 0 Å². The lowest BCUT2D eigenvalue weighted by molar-refractivity contribution is -0.143. The van der Waals surface area contributed by atoms with Crippen molar-refractivity contribution in [3.63, 3.8) is 0 Å². The zero-order chi connectivity index (χ0) is 54.3. The minimum Gasteiger partial charge on any atom is -0.466 e.